The van der Waals surface area contributed by atoms with Crippen LogP contribution in [0.4, 0.5) is 5.69 Å². The average molecular weight is 220 g/mol. The van der Waals surface area contributed by atoms with Gasteiger partial charge in [-0.2, -0.15) is 0 Å². The highest BCUT2D eigenvalue weighted by Crippen LogP contribution is 2.34. The number of anilines is 1. The first-order valence-corrected chi connectivity index (χ1v) is 5.42. The van der Waals surface area contributed by atoms with Gasteiger partial charge in [-0.25, -0.2) is 0 Å². The third kappa shape index (κ3) is 1.76. The molecule has 0 aromatic heterocycles. The number of nitrogens with two attached hydrogens (primary N) is 1. The fourth-order valence-corrected chi connectivity index (χ4v) is 1.88. The van der Waals surface area contributed by atoms with Gasteiger partial charge in [-0.3, -0.25) is 4.79 Å². The summed E-state index contributed by atoms with van der Waals surface area (Å²) in [4.78, 5) is 13.6. The summed E-state index contributed by atoms with van der Waals surface area (Å²) in [6.07, 6.45) is -0.429. The van der Waals surface area contributed by atoms with Gasteiger partial charge < -0.3 is 15.4 Å². The van der Waals surface area contributed by atoms with Crippen LogP contribution in [0.15, 0.2) is 18.2 Å². The van der Waals surface area contributed by atoms with Crippen molar-refractivity contribution in [1.82, 2.24) is 0 Å². The Kier molecular flexibility index (Phi) is 2.83. The van der Waals surface area contributed by atoms with Gasteiger partial charge >= 0.3 is 0 Å². The third-order valence-electron chi connectivity index (χ3n) is 2.68. The molecule has 1 aliphatic rings. The molecule has 1 aromatic carbocycles. The van der Waals surface area contributed by atoms with Crippen LogP contribution in [-0.2, 0) is 4.79 Å². The minimum absolute atomic E-state index is 0.0245. The van der Waals surface area contributed by atoms with Crippen LogP contribution in [0.1, 0.15) is 12.5 Å². The molecule has 16 heavy (non-hydrogen) atoms. The summed E-state index contributed by atoms with van der Waals surface area (Å²) in [5.74, 6) is 0.731. The SMILES string of the molecule is Cc1ccc2c(c1)N(CCN)C(=O)C(C)O2. The standard InChI is InChI=1S/C12H16N2O2/c1-8-3-4-11-10(7-8)14(6-5-13)12(15)9(2)16-11/h3-4,7,9H,5-6,13H2,1-2H3. The van der Waals surface area contributed by atoms with Gasteiger partial charge in [-0.05, 0) is 31.5 Å². The first-order chi connectivity index (χ1) is 7.63. The number of carbonyl (C=O) groups is 1. The predicted molar refractivity (Wildman–Crippen MR) is 62.7 cm³/mol. The van der Waals surface area contributed by atoms with Gasteiger partial charge in [0.15, 0.2) is 6.10 Å². The zero-order valence-electron chi connectivity index (χ0n) is 9.56. The topological polar surface area (TPSA) is 55.6 Å². The molecule has 0 spiro atoms. The van der Waals surface area contributed by atoms with Crippen molar-refractivity contribution < 1.29 is 9.53 Å². The van der Waals surface area contributed by atoms with Crippen molar-refractivity contribution in [2.75, 3.05) is 18.0 Å². The van der Waals surface area contributed by atoms with Gasteiger partial charge in [-0.15, -0.1) is 0 Å². The minimum Gasteiger partial charge on any atom is -0.479 e. The summed E-state index contributed by atoms with van der Waals surface area (Å²) in [5, 5.41) is 0. The number of hydrogen-bond donors (Lipinski definition) is 1. The largest absolute Gasteiger partial charge is 0.479 e. The summed E-state index contributed by atoms with van der Waals surface area (Å²) in [6, 6.07) is 5.83. The Hall–Kier alpha value is -1.55. The molecule has 86 valence electrons. The van der Waals surface area contributed by atoms with Crippen LogP contribution in [0.2, 0.25) is 0 Å². The molecule has 0 radical (unpaired) electrons. The average Bonchev–Trinajstić information content (AvgIpc) is 2.26. The number of nitrogens with zero attached hydrogens (tertiary/aromatic N) is 1. The molecule has 2 N–H and O–H groups in total. The van der Waals surface area contributed by atoms with Gasteiger partial charge in [0, 0.05) is 13.1 Å². The maximum Gasteiger partial charge on any atom is 0.267 e. The molecule has 0 aliphatic carbocycles. The van der Waals surface area contributed by atoms with Gasteiger partial charge in [0.05, 0.1) is 5.69 Å². The Morgan fingerprint density at radius 2 is 2.25 bits per heavy atom. The Morgan fingerprint density at radius 1 is 1.50 bits per heavy atom. The molecule has 0 saturated carbocycles. The fourth-order valence-electron chi connectivity index (χ4n) is 1.88. The van der Waals surface area contributed by atoms with Crippen molar-refractivity contribution in [3.63, 3.8) is 0 Å². The van der Waals surface area contributed by atoms with E-state index >= 15 is 0 Å². The lowest BCUT2D eigenvalue weighted by Crippen LogP contribution is -2.46. The van der Waals surface area contributed by atoms with Gasteiger partial charge in [0.2, 0.25) is 0 Å². The zero-order chi connectivity index (χ0) is 11.7. The predicted octanol–water partition coefficient (Wildman–Crippen LogP) is 1.07. The Balaban J connectivity index is 2.45. The molecule has 1 atom stereocenters. The number of benzene rings is 1. The molecule has 0 bridgehead atoms. The van der Waals surface area contributed by atoms with Crippen LogP contribution in [0, 0.1) is 6.92 Å². The summed E-state index contributed by atoms with van der Waals surface area (Å²) in [6.45, 7) is 4.73. The van der Waals surface area contributed by atoms with Gasteiger partial charge in [0.1, 0.15) is 5.75 Å². The van der Waals surface area contributed by atoms with E-state index in [1.165, 1.54) is 0 Å². The number of aryl methyl sites for hydroxylation is 1. The lowest BCUT2D eigenvalue weighted by atomic mass is 10.1. The van der Waals surface area contributed by atoms with E-state index in [0.717, 1.165) is 17.0 Å². The molecule has 2 rings (SSSR count). The first-order valence-electron chi connectivity index (χ1n) is 5.42. The second kappa shape index (κ2) is 4.14. The van der Waals surface area contributed by atoms with Crippen LogP contribution in [-0.4, -0.2) is 25.1 Å². The molecule has 4 heteroatoms. The zero-order valence-corrected chi connectivity index (χ0v) is 9.56. The number of ether oxygens (including phenoxy) is 1. The molecular weight excluding hydrogens is 204 g/mol. The molecule has 4 nitrogen and oxygen atoms in total. The highest BCUT2D eigenvalue weighted by atomic mass is 16.5. The van der Waals surface area contributed by atoms with Crippen LogP contribution in [0.3, 0.4) is 0 Å². The van der Waals surface area contributed by atoms with Crippen LogP contribution < -0.4 is 15.4 Å². The van der Waals surface area contributed by atoms with E-state index in [1.54, 1.807) is 11.8 Å². The fraction of sp³-hybridized carbons (Fsp3) is 0.417. The quantitative estimate of drug-likeness (QED) is 0.811. The van der Waals surface area contributed by atoms with E-state index in [0.29, 0.717) is 13.1 Å². The summed E-state index contributed by atoms with van der Waals surface area (Å²) in [7, 11) is 0. The van der Waals surface area contributed by atoms with Crippen molar-refractivity contribution in [3.8, 4) is 5.75 Å². The second-order valence-electron chi connectivity index (χ2n) is 4.01. The van der Waals surface area contributed by atoms with Crippen molar-refractivity contribution >= 4 is 11.6 Å². The number of amides is 1. The molecule has 0 saturated heterocycles. The third-order valence-corrected chi connectivity index (χ3v) is 2.68. The number of rotatable bonds is 2. The maximum atomic E-state index is 11.9. The summed E-state index contributed by atoms with van der Waals surface area (Å²) >= 11 is 0. The molecule has 1 unspecified atom stereocenters. The van der Waals surface area contributed by atoms with E-state index in [-0.39, 0.29) is 5.91 Å². The number of carbonyl (C=O) groups excluding carboxylic acids is 1. The van der Waals surface area contributed by atoms with E-state index in [4.69, 9.17) is 10.5 Å². The van der Waals surface area contributed by atoms with Crippen LogP contribution >= 0.6 is 0 Å². The Morgan fingerprint density at radius 3 is 2.94 bits per heavy atom. The smallest absolute Gasteiger partial charge is 0.267 e. The summed E-state index contributed by atoms with van der Waals surface area (Å²) in [5.41, 5.74) is 7.46. The van der Waals surface area contributed by atoms with Crippen molar-refractivity contribution in [1.29, 1.82) is 0 Å². The highest BCUT2D eigenvalue weighted by Gasteiger charge is 2.30. The monoisotopic (exact) mass is 220 g/mol. The molecule has 0 fully saturated rings. The van der Waals surface area contributed by atoms with E-state index in [9.17, 15) is 4.79 Å². The molecule has 1 aromatic rings. The molecular formula is C12H16N2O2. The van der Waals surface area contributed by atoms with Gasteiger partial charge in [0.25, 0.3) is 5.91 Å². The van der Waals surface area contributed by atoms with E-state index in [2.05, 4.69) is 0 Å². The summed E-state index contributed by atoms with van der Waals surface area (Å²) < 4.78 is 5.54. The molecule has 1 heterocycles. The maximum absolute atomic E-state index is 11.9. The lowest BCUT2D eigenvalue weighted by molar-refractivity contribution is -0.125. The van der Waals surface area contributed by atoms with Crippen LogP contribution in [0.5, 0.6) is 5.75 Å². The van der Waals surface area contributed by atoms with Crippen molar-refractivity contribution in [2.45, 2.75) is 20.0 Å². The number of fused-ring (bicyclic) bond motifs is 1. The van der Waals surface area contributed by atoms with Gasteiger partial charge in [-0.1, -0.05) is 6.07 Å². The first kappa shape index (κ1) is 11.0. The normalized spacial score (nSPS) is 19.3. The van der Waals surface area contributed by atoms with Crippen molar-refractivity contribution in [3.05, 3.63) is 23.8 Å². The van der Waals surface area contributed by atoms with Crippen molar-refractivity contribution in [2.24, 2.45) is 5.73 Å². The number of hydrogen-bond acceptors (Lipinski definition) is 3. The lowest BCUT2D eigenvalue weighted by Gasteiger charge is -2.33. The Bertz CT molecular complexity index is 417. The Labute approximate surface area is 95.0 Å². The van der Waals surface area contributed by atoms with E-state index < -0.39 is 6.10 Å². The highest BCUT2D eigenvalue weighted by molar-refractivity contribution is 5.99. The molecule has 1 amide bonds. The molecule has 1 aliphatic heterocycles. The second-order valence-corrected chi connectivity index (χ2v) is 4.01. The van der Waals surface area contributed by atoms with Crippen LogP contribution in [0.25, 0.3) is 0 Å². The minimum atomic E-state index is -0.429. The van der Waals surface area contributed by atoms with E-state index in [1.807, 2.05) is 25.1 Å².